The Morgan fingerprint density at radius 2 is 1.96 bits per heavy atom. The predicted molar refractivity (Wildman–Crippen MR) is 104 cm³/mol. The first-order chi connectivity index (χ1) is 13.1. The van der Waals surface area contributed by atoms with E-state index < -0.39 is 12.1 Å². The van der Waals surface area contributed by atoms with Crippen molar-refractivity contribution < 1.29 is 14.6 Å². The summed E-state index contributed by atoms with van der Waals surface area (Å²) in [5.41, 5.74) is 3.41. The number of ether oxygens (including phenoxy) is 1. The van der Waals surface area contributed by atoms with Crippen LogP contribution in [0.4, 0.5) is 0 Å². The lowest BCUT2D eigenvalue weighted by molar-refractivity contribution is -0.157. The maximum absolute atomic E-state index is 12.8. The number of para-hydroxylation sites is 1. The number of carbonyl (C=O) groups is 1. The number of carbonyl (C=O) groups excluding carboxylic acids is 1. The van der Waals surface area contributed by atoms with Crippen molar-refractivity contribution in [2.45, 2.75) is 33.1 Å². The van der Waals surface area contributed by atoms with Gasteiger partial charge in [-0.15, -0.1) is 0 Å². The molecule has 5 rings (SSSR count). The quantitative estimate of drug-likeness (QED) is 0.434. The molecule has 0 fully saturated rings. The number of aromatic nitrogens is 2. The fraction of sp³-hybridized carbons (Fsp3) is 0.250. The molecule has 2 aliphatic rings. The van der Waals surface area contributed by atoms with E-state index in [1.54, 1.807) is 10.6 Å². The first kappa shape index (κ1) is 17.9. The van der Waals surface area contributed by atoms with Crippen molar-refractivity contribution >= 4 is 32.8 Å². The number of cyclic esters (lactones) is 1. The van der Waals surface area contributed by atoms with Gasteiger partial charge in [0.2, 0.25) is 0 Å². The molecule has 3 aromatic rings. The molecule has 0 aliphatic carbocycles. The molecule has 138 valence electrons. The average molecular weight is 429 g/mol. The fourth-order valence-corrected chi connectivity index (χ4v) is 4.17. The first-order valence-corrected chi connectivity index (χ1v) is 9.54. The van der Waals surface area contributed by atoms with Gasteiger partial charge in [0, 0.05) is 21.0 Å². The zero-order valence-electron chi connectivity index (χ0n) is 14.8. The molecule has 1 atom stereocenters. The molecule has 0 saturated heterocycles. The standard InChI is InChI=1S/C18H11BrN2O4.C2H6/c19-14-8-3-1-2-4-12(8)20-15-10(14)6-21-13(15)5-9-11(17(21)23)7-25-18(24)16(9)22;1-2/h1-5,16,22H,6-7H2;1-2H3. The predicted octanol–water partition coefficient (Wildman–Crippen LogP) is 3.30. The van der Waals surface area contributed by atoms with Crippen LogP contribution in [0.25, 0.3) is 22.3 Å². The van der Waals surface area contributed by atoms with Gasteiger partial charge in [0.15, 0.2) is 6.10 Å². The number of halogens is 1. The minimum absolute atomic E-state index is 0.114. The number of aliphatic hydroxyl groups excluding tert-OH is 1. The third-order valence-corrected chi connectivity index (χ3v) is 5.70. The molecule has 27 heavy (non-hydrogen) atoms. The highest BCUT2D eigenvalue weighted by Gasteiger charge is 2.34. The number of hydrogen-bond donors (Lipinski definition) is 1. The second kappa shape index (κ2) is 6.58. The lowest BCUT2D eigenvalue weighted by Gasteiger charge is -2.21. The van der Waals surface area contributed by atoms with Crippen LogP contribution in [0.1, 0.15) is 36.6 Å². The second-order valence-electron chi connectivity index (χ2n) is 6.14. The number of hydrogen-bond acceptors (Lipinski definition) is 5. The van der Waals surface area contributed by atoms with Crippen LogP contribution in [0, 0.1) is 0 Å². The van der Waals surface area contributed by atoms with Gasteiger partial charge in [-0.1, -0.05) is 32.0 Å². The molecule has 1 unspecified atom stereocenters. The number of pyridine rings is 2. The van der Waals surface area contributed by atoms with Crippen molar-refractivity contribution in [2.24, 2.45) is 0 Å². The smallest absolute Gasteiger partial charge is 0.340 e. The molecular weight excluding hydrogens is 412 g/mol. The van der Waals surface area contributed by atoms with Gasteiger partial charge in [0.1, 0.15) is 6.61 Å². The fourth-order valence-electron chi connectivity index (χ4n) is 3.52. The SMILES string of the molecule is CC.O=C1OCc2c(cc3n(c2=O)Cc2c-3nc3ccccc3c2Br)C1O. The highest BCUT2D eigenvalue weighted by atomic mass is 79.9. The van der Waals surface area contributed by atoms with Crippen molar-refractivity contribution in [1.82, 2.24) is 9.55 Å². The topological polar surface area (TPSA) is 81.4 Å². The zero-order chi connectivity index (χ0) is 19.3. The maximum Gasteiger partial charge on any atom is 0.340 e. The largest absolute Gasteiger partial charge is 0.458 e. The van der Waals surface area contributed by atoms with Crippen molar-refractivity contribution in [3.8, 4) is 11.4 Å². The van der Waals surface area contributed by atoms with Gasteiger partial charge in [0.25, 0.3) is 5.56 Å². The summed E-state index contributed by atoms with van der Waals surface area (Å²) < 4.78 is 7.42. The van der Waals surface area contributed by atoms with E-state index in [1.807, 2.05) is 38.1 Å². The average Bonchev–Trinajstić information content (AvgIpc) is 3.06. The molecule has 4 heterocycles. The van der Waals surface area contributed by atoms with E-state index in [2.05, 4.69) is 15.9 Å². The summed E-state index contributed by atoms with van der Waals surface area (Å²) in [5.74, 6) is -0.734. The Morgan fingerprint density at radius 1 is 1.22 bits per heavy atom. The van der Waals surface area contributed by atoms with Crippen LogP contribution in [0.2, 0.25) is 0 Å². The molecule has 0 amide bonds. The molecule has 0 saturated carbocycles. The van der Waals surface area contributed by atoms with E-state index in [9.17, 15) is 14.7 Å². The van der Waals surface area contributed by atoms with E-state index >= 15 is 0 Å². The minimum atomic E-state index is -1.43. The number of aliphatic hydroxyl groups is 1. The van der Waals surface area contributed by atoms with Crippen LogP contribution in [0.15, 0.2) is 39.6 Å². The van der Waals surface area contributed by atoms with E-state index in [1.165, 1.54) is 0 Å². The molecule has 0 spiro atoms. The van der Waals surface area contributed by atoms with Gasteiger partial charge in [-0.05, 0) is 28.1 Å². The van der Waals surface area contributed by atoms with Crippen LogP contribution in [0.3, 0.4) is 0 Å². The van der Waals surface area contributed by atoms with Gasteiger partial charge < -0.3 is 14.4 Å². The van der Waals surface area contributed by atoms with E-state index in [0.29, 0.717) is 29.1 Å². The summed E-state index contributed by atoms with van der Waals surface area (Å²) in [6, 6.07) is 9.41. The van der Waals surface area contributed by atoms with Crippen molar-refractivity contribution in [2.75, 3.05) is 0 Å². The second-order valence-corrected chi connectivity index (χ2v) is 6.93. The number of nitrogens with zero attached hydrogens (tertiary/aromatic N) is 2. The van der Waals surface area contributed by atoms with Crippen molar-refractivity contribution in [1.29, 1.82) is 0 Å². The normalized spacial score (nSPS) is 16.7. The summed E-state index contributed by atoms with van der Waals surface area (Å²) in [4.78, 5) is 29.2. The maximum atomic E-state index is 12.8. The summed E-state index contributed by atoms with van der Waals surface area (Å²) in [7, 11) is 0. The van der Waals surface area contributed by atoms with E-state index in [-0.39, 0.29) is 12.2 Å². The highest BCUT2D eigenvalue weighted by molar-refractivity contribution is 9.10. The van der Waals surface area contributed by atoms with E-state index in [0.717, 1.165) is 20.9 Å². The molecule has 7 heteroatoms. The Balaban J connectivity index is 0.000000872. The Bertz CT molecular complexity index is 1150. The van der Waals surface area contributed by atoms with Gasteiger partial charge in [-0.2, -0.15) is 0 Å². The van der Waals surface area contributed by atoms with Crippen LogP contribution in [-0.4, -0.2) is 20.6 Å². The summed E-state index contributed by atoms with van der Waals surface area (Å²) in [6.45, 7) is 4.27. The minimum Gasteiger partial charge on any atom is -0.458 e. The molecule has 2 aliphatic heterocycles. The van der Waals surface area contributed by atoms with E-state index in [4.69, 9.17) is 9.72 Å². The van der Waals surface area contributed by atoms with Crippen LogP contribution in [0.5, 0.6) is 0 Å². The number of rotatable bonds is 0. The summed E-state index contributed by atoms with van der Waals surface area (Å²) >= 11 is 3.64. The molecule has 2 aromatic heterocycles. The Kier molecular flexibility index (Phi) is 4.36. The molecule has 0 bridgehead atoms. The van der Waals surface area contributed by atoms with Gasteiger partial charge in [0.05, 0.1) is 29.0 Å². The van der Waals surface area contributed by atoms with Crippen LogP contribution < -0.4 is 5.56 Å². The molecule has 1 N–H and O–H groups in total. The Labute approximate surface area is 163 Å². The van der Waals surface area contributed by atoms with Gasteiger partial charge in [-0.3, -0.25) is 4.79 Å². The monoisotopic (exact) mass is 428 g/mol. The third kappa shape index (κ3) is 2.53. The van der Waals surface area contributed by atoms with Crippen molar-refractivity contribution in [3.63, 3.8) is 0 Å². The van der Waals surface area contributed by atoms with Gasteiger partial charge in [-0.25, -0.2) is 9.78 Å². The number of benzene rings is 1. The Hall–Kier alpha value is -2.51. The van der Waals surface area contributed by atoms with Crippen LogP contribution in [-0.2, 0) is 22.7 Å². The lowest BCUT2D eigenvalue weighted by atomic mass is 10.0. The molecular formula is C20H17BrN2O4. The molecule has 0 radical (unpaired) electrons. The zero-order valence-corrected chi connectivity index (χ0v) is 16.4. The van der Waals surface area contributed by atoms with Crippen molar-refractivity contribution in [3.05, 3.63) is 61.8 Å². The molecule has 6 nitrogen and oxygen atoms in total. The first-order valence-electron chi connectivity index (χ1n) is 8.75. The number of fused-ring (bicyclic) bond motifs is 5. The third-order valence-electron chi connectivity index (χ3n) is 4.79. The van der Waals surface area contributed by atoms with Crippen LogP contribution >= 0.6 is 15.9 Å². The van der Waals surface area contributed by atoms with Gasteiger partial charge >= 0.3 is 5.97 Å². The summed E-state index contributed by atoms with van der Waals surface area (Å²) in [5, 5.41) is 11.1. The highest BCUT2D eigenvalue weighted by Crippen LogP contribution is 2.39. The summed E-state index contributed by atoms with van der Waals surface area (Å²) in [6.07, 6.45) is -1.43. The Morgan fingerprint density at radius 3 is 2.74 bits per heavy atom. The number of esters is 1. The molecule has 1 aromatic carbocycles. The lowest BCUT2D eigenvalue weighted by Crippen LogP contribution is -2.32.